The maximum atomic E-state index is 2.40. The molecule has 1 aliphatic rings. The van der Waals surface area contributed by atoms with Gasteiger partial charge in [0.25, 0.3) is 0 Å². The Bertz CT molecular complexity index is 413. The summed E-state index contributed by atoms with van der Waals surface area (Å²) in [6, 6.07) is 9.06. The predicted octanol–water partition coefficient (Wildman–Crippen LogP) is 5.03. The Morgan fingerprint density at radius 2 is 1.69 bits per heavy atom. The van der Waals surface area contributed by atoms with Crippen LogP contribution in [0, 0.1) is 0 Å². The van der Waals surface area contributed by atoms with E-state index in [1.54, 1.807) is 16.7 Å². The van der Waals surface area contributed by atoms with Crippen LogP contribution in [-0.4, -0.2) is 0 Å². The summed E-state index contributed by atoms with van der Waals surface area (Å²) in [6.45, 7) is 9.48. The van der Waals surface area contributed by atoms with Gasteiger partial charge in [0.05, 0.1) is 0 Å². The summed E-state index contributed by atoms with van der Waals surface area (Å²) in [5, 5.41) is 0. The van der Waals surface area contributed by atoms with Crippen molar-refractivity contribution in [2.75, 3.05) is 0 Å². The van der Waals surface area contributed by atoms with Crippen LogP contribution in [0.1, 0.15) is 42.4 Å². The first-order chi connectivity index (χ1) is 7.70. The van der Waals surface area contributed by atoms with Crippen molar-refractivity contribution in [2.24, 2.45) is 0 Å². The van der Waals surface area contributed by atoms with Crippen molar-refractivity contribution < 1.29 is 21.8 Å². The first-order valence-electron chi connectivity index (χ1n) is 6.31. The van der Waals surface area contributed by atoms with Crippen LogP contribution in [0.25, 0.3) is 5.57 Å². The monoisotopic (exact) mass is 291 g/mol. The second-order valence-corrected chi connectivity index (χ2v) is 12.8. The normalized spacial score (nSPS) is 18.9. The zero-order valence-corrected chi connectivity index (χ0v) is 13.3. The zero-order chi connectivity index (χ0) is 11.7. The summed E-state index contributed by atoms with van der Waals surface area (Å²) in [7, 11) is 0. The summed E-state index contributed by atoms with van der Waals surface area (Å²) in [6.07, 6.45) is 0. The number of benzene rings is 1. The van der Waals surface area contributed by atoms with Crippen molar-refractivity contribution >= 4 is 5.57 Å². The van der Waals surface area contributed by atoms with Gasteiger partial charge < -0.3 is 0 Å². The van der Waals surface area contributed by atoms with Crippen molar-refractivity contribution in [1.82, 2.24) is 0 Å². The maximum absolute atomic E-state index is 2.40. The van der Waals surface area contributed by atoms with Gasteiger partial charge >= 0.3 is 108 Å². The quantitative estimate of drug-likeness (QED) is 0.733. The molecule has 0 aromatic heterocycles. The molecule has 16 heavy (non-hydrogen) atoms. The average Bonchev–Trinajstić information content (AvgIpc) is 2.57. The number of fused-ring (bicyclic) bond motifs is 1. The molecule has 1 aromatic carbocycles. The zero-order valence-electron chi connectivity index (χ0n) is 10.8. The van der Waals surface area contributed by atoms with Gasteiger partial charge in [0.15, 0.2) is 0 Å². The number of rotatable bonds is 3. The minimum absolute atomic E-state index is 0.869. The third kappa shape index (κ3) is 1.88. The van der Waals surface area contributed by atoms with E-state index in [2.05, 4.69) is 52.0 Å². The molecule has 0 nitrogen and oxygen atoms in total. The second kappa shape index (κ2) is 5.00. The third-order valence-electron chi connectivity index (χ3n) is 4.02. The Morgan fingerprint density at radius 1 is 1.06 bits per heavy atom. The van der Waals surface area contributed by atoms with Crippen molar-refractivity contribution in [1.29, 1.82) is 0 Å². The Labute approximate surface area is 107 Å². The molecule has 0 spiro atoms. The Balaban J connectivity index is 2.48. The molecule has 1 heteroatoms. The van der Waals surface area contributed by atoms with Crippen molar-refractivity contribution in [3.05, 3.63) is 41.0 Å². The van der Waals surface area contributed by atoms with E-state index in [-0.39, 0.29) is 0 Å². The van der Waals surface area contributed by atoms with Gasteiger partial charge in [-0.1, -0.05) is 0 Å². The van der Waals surface area contributed by atoms with E-state index in [1.807, 2.05) is 0 Å². The van der Waals surface area contributed by atoms with Crippen LogP contribution in [0.2, 0.25) is 8.26 Å². The van der Waals surface area contributed by atoms with Crippen LogP contribution < -0.4 is 0 Å². The molecule has 0 radical (unpaired) electrons. The Kier molecular flexibility index (Phi) is 3.85. The SMILES string of the molecule is C[CH2][Zr+]([CH2]C)[CH]1C(C)=C(C)c2ccccc21. The van der Waals surface area contributed by atoms with E-state index in [1.165, 1.54) is 13.8 Å². The van der Waals surface area contributed by atoms with E-state index >= 15 is 0 Å². The van der Waals surface area contributed by atoms with E-state index < -0.39 is 21.8 Å². The molecule has 0 amide bonds. The summed E-state index contributed by atoms with van der Waals surface area (Å²) in [5.41, 5.74) is 6.42. The van der Waals surface area contributed by atoms with Crippen molar-refractivity contribution in [3.8, 4) is 0 Å². The van der Waals surface area contributed by atoms with Gasteiger partial charge in [0, 0.05) is 0 Å². The molecule has 0 N–H and O–H groups in total. The van der Waals surface area contributed by atoms with E-state index in [0.717, 1.165) is 3.63 Å². The molecule has 1 unspecified atom stereocenters. The van der Waals surface area contributed by atoms with Gasteiger partial charge in [-0.25, -0.2) is 0 Å². The molecule has 0 fully saturated rings. The van der Waals surface area contributed by atoms with Gasteiger partial charge in [0.2, 0.25) is 0 Å². The topological polar surface area (TPSA) is 0 Å². The Morgan fingerprint density at radius 3 is 2.31 bits per heavy atom. The van der Waals surface area contributed by atoms with Crippen LogP contribution in [0.3, 0.4) is 0 Å². The minimum atomic E-state index is -1.23. The summed E-state index contributed by atoms with van der Waals surface area (Å²) >= 11 is -1.23. The fraction of sp³-hybridized carbons (Fsp3) is 0.467. The molecule has 0 bridgehead atoms. The number of allylic oxidation sites excluding steroid dienone is 2. The third-order valence-corrected chi connectivity index (χ3v) is 12.3. The van der Waals surface area contributed by atoms with E-state index in [4.69, 9.17) is 0 Å². The summed E-state index contributed by atoms with van der Waals surface area (Å²) < 4.78 is 3.82. The fourth-order valence-corrected chi connectivity index (χ4v) is 9.91. The first-order valence-corrected chi connectivity index (χ1v) is 11.2. The summed E-state index contributed by atoms with van der Waals surface area (Å²) in [4.78, 5) is 0. The number of hydrogen-bond donors (Lipinski definition) is 0. The van der Waals surface area contributed by atoms with Gasteiger partial charge in [-0.15, -0.1) is 0 Å². The van der Waals surface area contributed by atoms with E-state index in [9.17, 15) is 0 Å². The Hall–Kier alpha value is -0.157. The molecular weight excluding hydrogens is 271 g/mol. The second-order valence-electron chi connectivity index (χ2n) is 4.69. The number of hydrogen-bond acceptors (Lipinski definition) is 0. The first kappa shape index (κ1) is 12.3. The van der Waals surface area contributed by atoms with Gasteiger partial charge in [0.1, 0.15) is 0 Å². The van der Waals surface area contributed by atoms with Gasteiger partial charge in [-0.2, -0.15) is 0 Å². The molecule has 1 atom stereocenters. The van der Waals surface area contributed by atoms with Crippen LogP contribution >= 0.6 is 0 Å². The molecule has 0 saturated carbocycles. The van der Waals surface area contributed by atoms with Crippen LogP contribution in [-0.2, 0) is 21.8 Å². The van der Waals surface area contributed by atoms with Crippen molar-refractivity contribution in [3.63, 3.8) is 0 Å². The molecule has 2 rings (SSSR count). The van der Waals surface area contributed by atoms with E-state index in [0.29, 0.717) is 0 Å². The molecule has 84 valence electrons. The predicted molar refractivity (Wildman–Crippen MR) is 68.4 cm³/mol. The molecule has 0 heterocycles. The standard InChI is InChI=1S/C11H11.2C2H5.Zr/c1-8-7-10-5-3-4-6-11(10)9(8)2;2*1-2;/h3-7H,1-2H3;2*1H2,2H3;/q;;;+1. The molecule has 1 aromatic rings. The average molecular weight is 293 g/mol. The van der Waals surface area contributed by atoms with Gasteiger partial charge in [-0.3, -0.25) is 0 Å². The van der Waals surface area contributed by atoms with Gasteiger partial charge in [-0.05, 0) is 0 Å². The fourth-order valence-electron chi connectivity index (χ4n) is 2.94. The molecular formula is C15H21Zr+. The molecule has 1 aliphatic carbocycles. The molecule has 0 aliphatic heterocycles. The van der Waals surface area contributed by atoms with Crippen LogP contribution in [0.4, 0.5) is 0 Å². The summed E-state index contributed by atoms with van der Waals surface area (Å²) in [5.74, 6) is 0. The van der Waals surface area contributed by atoms with Crippen LogP contribution in [0.15, 0.2) is 29.8 Å². The molecule has 0 saturated heterocycles. The van der Waals surface area contributed by atoms with Crippen molar-refractivity contribution in [2.45, 2.75) is 39.6 Å². The van der Waals surface area contributed by atoms with Crippen LogP contribution in [0.5, 0.6) is 0 Å².